The lowest BCUT2D eigenvalue weighted by molar-refractivity contribution is 0.169. The molecule has 0 aromatic rings. The smallest absolute Gasteiger partial charge is 0.0667 e. The molecule has 0 amide bonds. The van der Waals surface area contributed by atoms with Crippen molar-refractivity contribution in [2.75, 3.05) is 5.75 Å². The fourth-order valence-electron chi connectivity index (χ4n) is 3.68. The van der Waals surface area contributed by atoms with Crippen LogP contribution in [0.15, 0.2) is 0 Å². The maximum absolute atomic E-state index is 9.38. The van der Waals surface area contributed by atoms with Crippen molar-refractivity contribution in [1.82, 2.24) is 0 Å². The van der Waals surface area contributed by atoms with Gasteiger partial charge in [0.15, 0.2) is 0 Å². The summed E-state index contributed by atoms with van der Waals surface area (Å²) in [5, 5.41) is 9.98. The lowest BCUT2D eigenvalue weighted by atomic mass is 9.70. The molecule has 108 valence electrons. The van der Waals surface area contributed by atoms with Gasteiger partial charge < -0.3 is 0 Å². The van der Waals surface area contributed by atoms with Gasteiger partial charge in [0.05, 0.1) is 12.0 Å². The monoisotopic (exact) mass is 279 g/mol. The van der Waals surface area contributed by atoms with E-state index in [4.69, 9.17) is 0 Å². The first-order valence-electron chi connectivity index (χ1n) is 8.02. The van der Waals surface area contributed by atoms with Crippen molar-refractivity contribution in [3.05, 3.63) is 0 Å². The van der Waals surface area contributed by atoms with Gasteiger partial charge in [-0.1, -0.05) is 33.6 Å². The zero-order valence-corrected chi connectivity index (χ0v) is 13.6. The molecular weight excluding hydrogens is 250 g/mol. The van der Waals surface area contributed by atoms with E-state index in [1.165, 1.54) is 44.3 Å². The molecule has 0 heterocycles. The lowest BCUT2D eigenvalue weighted by Gasteiger charge is -2.39. The Hall–Kier alpha value is -0.160. The van der Waals surface area contributed by atoms with E-state index in [2.05, 4.69) is 38.6 Å². The molecule has 2 heteroatoms. The summed E-state index contributed by atoms with van der Waals surface area (Å²) in [5.74, 6) is 3.36. The highest BCUT2D eigenvalue weighted by Crippen LogP contribution is 2.44. The minimum atomic E-state index is 0.310. The van der Waals surface area contributed by atoms with Gasteiger partial charge in [-0.15, -0.1) is 0 Å². The second-order valence-corrected chi connectivity index (χ2v) is 8.91. The Labute approximate surface area is 123 Å². The van der Waals surface area contributed by atoms with E-state index in [0.29, 0.717) is 16.6 Å². The van der Waals surface area contributed by atoms with Crippen LogP contribution in [0.5, 0.6) is 0 Å². The van der Waals surface area contributed by atoms with Gasteiger partial charge in [-0.25, -0.2) is 0 Å². The second-order valence-electron chi connectivity index (χ2n) is 7.63. The Kier molecular flexibility index (Phi) is 5.23. The van der Waals surface area contributed by atoms with Gasteiger partial charge in [0.2, 0.25) is 0 Å². The molecule has 2 saturated carbocycles. The average Bonchev–Trinajstić information content (AvgIpc) is 2.88. The van der Waals surface area contributed by atoms with Crippen LogP contribution in [0.3, 0.4) is 0 Å². The molecule has 0 radical (unpaired) electrons. The minimum Gasteiger partial charge on any atom is -0.198 e. The summed E-state index contributed by atoms with van der Waals surface area (Å²) >= 11 is 2.12. The molecule has 0 aromatic carbocycles. The summed E-state index contributed by atoms with van der Waals surface area (Å²) in [5.41, 5.74) is 0.409. The highest BCUT2D eigenvalue weighted by molar-refractivity contribution is 7.99. The molecule has 0 bridgehead atoms. The Balaban J connectivity index is 1.88. The number of hydrogen-bond acceptors (Lipinski definition) is 2. The van der Waals surface area contributed by atoms with Crippen molar-refractivity contribution in [2.24, 2.45) is 23.2 Å². The van der Waals surface area contributed by atoms with E-state index < -0.39 is 0 Å². The molecule has 2 aliphatic rings. The highest BCUT2D eigenvalue weighted by atomic mass is 32.2. The Morgan fingerprint density at radius 3 is 2.37 bits per heavy atom. The highest BCUT2D eigenvalue weighted by Gasteiger charge is 2.36. The molecule has 3 unspecified atom stereocenters. The summed E-state index contributed by atoms with van der Waals surface area (Å²) in [4.78, 5) is 0. The third kappa shape index (κ3) is 4.15. The molecule has 2 fully saturated rings. The molecule has 19 heavy (non-hydrogen) atoms. The zero-order chi connectivity index (χ0) is 13.9. The van der Waals surface area contributed by atoms with Gasteiger partial charge in [-0.3, -0.25) is 0 Å². The molecule has 2 rings (SSSR count). The summed E-state index contributed by atoms with van der Waals surface area (Å²) in [6.45, 7) is 7.09. The predicted molar refractivity (Wildman–Crippen MR) is 84.1 cm³/mol. The number of thioether (sulfide) groups is 1. The van der Waals surface area contributed by atoms with Crippen LogP contribution >= 0.6 is 11.8 Å². The third-order valence-electron chi connectivity index (χ3n) is 5.20. The van der Waals surface area contributed by atoms with Gasteiger partial charge >= 0.3 is 0 Å². The van der Waals surface area contributed by atoms with Gasteiger partial charge in [0, 0.05) is 5.25 Å². The van der Waals surface area contributed by atoms with Crippen LogP contribution in [0, 0.1) is 34.5 Å². The molecular formula is C17H29NS. The molecule has 1 nitrogen and oxygen atoms in total. The molecule has 0 N–H and O–H groups in total. The van der Waals surface area contributed by atoms with Crippen molar-refractivity contribution in [3.63, 3.8) is 0 Å². The normalized spacial score (nSPS) is 33.3. The molecule has 3 atom stereocenters. The van der Waals surface area contributed by atoms with E-state index in [9.17, 15) is 5.26 Å². The average molecular weight is 279 g/mol. The Morgan fingerprint density at radius 1 is 1.11 bits per heavy atom. The number of rotatable bonds is 3. The lowest BCUT2D eigenvalue weighted by Crippen LogP contribution is -2.33. The SMILES string of the molecule is CC(C)(C)C1CCC(C#N)C(SCC2CCCC2)C1. The first-order chi connectivity index (χ1) is 9.00. The van der Waals surface area contributed by atoms with Crippen LogP contribution in [0.25, 0.3) is 0 Å². The predicted octanol–water partition coefficient (Wildman–Crippen LogP) is 5.26. The molecule has 0 spiro atoms. The van der Waals surface area contributed by atoms with E-state index in [1.54, 1.807) is 0 Å². The first kappa shape index (κ1) is 15.2. The fourth-order valence-corrected chi connectivity index (χ4v) is 5.33. The maximum atomic E-state index is 9.38. The van der Waals surface area contributed by atoms with Crippen LogP contribution in [-0.4, -0.2) is 11.0 Å². The fraction of sp³-hybridized carbons (Fsp3) is 0.941. The third-order valence-corrected chi connectivity index (χ3v) is 6.82. The van der Waals surface area contributed by atoms with Gasteiger partial charge in [-0.05, 0) is 55.1 Å². The van der Waals surface area contributed by atoms with E-state index in [-0.39, 0.29) is 0 Å². The van der Waals surface area contributed by atoms with Crippen LogP contribution in [-0.2, 0) is 0 Å². The van der Waals surface area contributed by atoms with Crippen molar-refractivity contribution in [2.45, 2.75) is 71.0 Å². The number of nitrogens with zero attached hydrogens (tertiary/aromatic N) is 1. The first-order valence-corrected chi connectivity index (χ1v) is 9.07. The van der Waals surface area contributed by atoms with E-state index >= 15 is 0 Å². The molecule has 0 aliphatic heterocycles. The summed E-state index contributed by atoms with van der Waals surface area (Å²) in [6.07, 6.45) is 9.37. The molecule has 0 saturated heterocycles. The quantitative estimate of drug-likeness (QED) is 0.703. The van der Waals surface area contributed by atoms with Crippen LogP contribution in [0.1, 0.15) is 65.7 Å². The largest absolute Gasteiger partial charge is 0.198 e. The number of nitriles is 1. The summed E-state index contributed by atoms with van der Waals surface area (Å²) < 4.78 is 0. The van der Waals surface area contributed by atoms with Crippen molar-refractivity contribution < 1.29 is 0 Å². The van der Waals surface area contributed by atoms with E-state index in [0.717, 1.165) is 18.3 Å². The molecule has 2 aliphatic carbocycles. The maximum Gasteiger partial charge on any atom is 0.0667 e. The minimum absolute atomic E-state index is 0.310. The van der Waals surface area contributed by atoms with Crippen LogP contribution < -0.4 is 0 Å². The second kappa shape index (κ2) is 6.53. The zero-order valence-electron chi connectivity index (χ0n) is 12.8. The van der Waals surface area contributed by atoms with E-state index in [1.807, 2.05) is 0 Å². The van der Waals surface area contributed by atoms with Crippen LogP contribution in [0.4, 0.5) is 0 Å². The van der Waals surface area contributed by atoms with Crippen molar-refractivity contribution in [3.8, 4) is 6.07 Å². The Morgan fingerprint density at radius 2 is 1.79 bits per heavy atom. The van der Waals surface area contributed by atoms with Crippen molar-refractivity contribution in [1.29, 1.82) is 5.26 Å². The molecule has 0 aromatic heterocycles. The summed E-state index contributed by atoms with van der Waals surface area (Å²) in [6, 6.07) is 2.58. The Bertz CT molecular complexity index is 319. The number of hydrogen-bond donors (Lipinski definition) is 0. The topological polar surface area (TPSA) is 23.8 Å². The van der Waals surface area contributed by atoms with Gasteiger partial charge in [0.25, 0.3) is 0 Å². The standard InChI is InChI=1S/C17H29NS/c1-17(2,3)15-9-8-14(11-18)16(10-15)19-12-13-6-4-5-7-13/h13-16H,4-10,12H2,1-3H3. The van der Waals surface area contributed by atoms with Gasteiger partial charge in [-0.2, -0.15) is 17.0 Å². The summed E-state index contributed by atoms with van der Waals surface area (Å²) in [7, 11) is 0. The van der Waals surface area contributed by atoms with Gasteiger partial charge in [0.1, 0.15) is 0 Å². The van der Waals surface area contributed by atoms with Crippen molar-refractivity contribution >= 4 is 11.8 Å². The van der Waals surface area contributed by atoms with Crippen LogP contribution in [0.2, 0.25) is 0 Å².